The van der Waals surface area contributed by atoms with Crippen molar-refractivity contribution in [1.29, 1.82) is 0 Å². The zero-order valence-electron chi connectivity index (χ0n) is 10.6. The van der Waals surface area contributed by atoms with Crippen molar-refractivity contribution < 1.29 is 9.18 Å². The normalized spacial score (nSPS) is 10.4. The molecule has 1 heterocycles. The summed E-state index contributed by atoms with van der Waals surface area (Å²) >= 11 is 11.9. The van der Waals surface area contributed by atoms with Crippen LogP contribution in [0.3, 0.4) is 0 Å². The summed E-state index contributed by atoms with van der Waals surface area (Å²) in [4.78, 5) is 17.3. The maximum absolute atomic E-state index is 13.1. The molecule has 1 amide bonds. The molecule has 2 aromatic rings. The van der Waals surface area contributed by atoms with Crippen LogP contribution in [0.25, 0.3) is 0 Å². The Bertz CT molecular complexity index is 649. The van der Waals surface area contributed by atoms with Crippen LogP contribution >= 0.6 is 23.2 Å². The van der Waals surface area contributed by atoms with Crippen LogP contribution < -0.4 is 0 Å². The van der Waals surface area contributed by atoms with Crippen LogP contribution in [0.15, 0.2) is 36.5 Å². The van der Waals surface area contributed by atoms with E-state index in [-0.39, 0.29) is 10.7 Å². The van der Waals surface area contributed by atoms with Gasteiger partial charge in [0.15, 0.2) is 0 Å². The topological polar surface area (TPSA) is 33.2 Å². The largest absolute Gasteiger partial charge is 0.337 e. The molecule has 0 fully saturated rings. The Morgan fingerprint density at radius 3 is 2.75 bits per heavy atom. The van der Waals surface area contributed by atoms with Crippen molar-refractivity contribution >= 4 is 29.1 Å². The Hall–Kier alpha value is -1.65. The lowest BCUT2D eigenvalue weighted by Crippen LogP contribution is -2.27. The third-order valence-electron chi connectivity index (χ3n) is 2.75. The predicted octanol–water partition coefficient (Wildman–Crippen LogP) is 3.80. The average Bonchev–Trinajstić information content (AvgIpc) is 2.43. The fraction of sp³-hybridized carbons (Fsp3) is 0.143. The number of amides is 1. The fourth-order valence-electron chi connectivity index (χ4n) is 1.73. The molecule has 0 saturated carbocycles. The minimum absolute atomic E-state index is 0.0255. The van der Waals surface area contributed by atoms with Crippen molar-refractivity contribution in [2.45, 2.75) is 6.54 Å². The Morgan fingerprint density at radius 1 is 1.35 bits per heavy atom. The highest BCUT2D eigenvalue weighted by Gasteiger charge is 2.17. The van der Waals surface area contributed by atoms with Gasteiger partial charge < -0.3 is 4.90 Å². The van der Waals surface area contributed by atoms with Gasteiger partial charge in [0.05, 0.1) is 11.8 Å². The van der Waals surface area contributed by atoms with Crippen LogP contribution in [0.4, 0.5) is 4.39 Å². The SMILES string of the molecule is CN(Cc1ccccc1Cl)C(=O)c1cc(F)cnc1Cl. The average molecular weight is 313 g/mol. The minimum Gasteiger partial charge on any atom is -0.337 e. The van der Waals surface area contributed by atoms with Gasteiger partial charge in [-0.05, 0) is 17.7 Å². The minimum atomic E-state index is -0.608. The first-order valence-electron chi connectivity index (χ1n) is 5.79. The standard InChI is InChI=1S/C14H11Cl2FN2O/c1-19(8-9-4-2-3-5-12(9)15)14(20)11-6-10(17)7-18-13(11)16/h2-7H,8H2,1H3. The van der Waals surface area contributed by atoms with Crippen molar-refractivity contribution in [3.05, 3.63) is 63.6 Å². The van der Waals surface area contributed by atoms with Crippen molar-refractivity contribution in [3.8, 4) is 0 Å². The highest BCUT2D eigenvalue weighted by Crippen LogP contribution is 2.20. The second-order valence-electron chi connectivity index (χ2n) is 4.24. The highest BCUT2D eigenvalue weighted by atomic mass is 35.5. The number of carbonyl (C=O) groups excluding carboxylic acids is 1. The number of carbonyl (C=O) groups is 1. The van der Waals surface area contributed by atoms with Gasteiger partial charge in [-0.1, -0.05) is 41.4 Å². The summed E-state index contributed by atoms with van der Waals surface area (Å²) in [5.41, 5.74) is 0.826. The first-order chi connectivity index (χ1) is 9.49. The van der Waals surface area contributed by atoms with Crippen molar-refractivity contribution in [2.75, 3.05) is 7.05 Å². The predicted molar refractivity (Wildman–Crippen MR) is 76.5 cm³/mol. The summed E-state index contributed by atoms with van der Waals surface area (Å²) in [6.07, 6.45) is 0.965. The van der Waals surface area contributed by atoms with Crippen LogP contribution in [-0.2, 0) is 6.54 Å². The summed E-state index contributed by atoms with van der Waals surface area (Å²) in [6.45, 7) is 0.297. The van der Waals surface area contributed by atoms with Crippen LogP contribution in [0.2, 0.25) is 10.2 Å². The maximum Gasteiger partial charge on any atom is 0.257 e. The van der Waals surface area contributed by atoms with Crippen molar-refractivity contribution in [2.24, 2.45) is 0 Å². The second-order valence-corrected chi connectivity index (χ2v) is 5.01. The number of hydrogen-bond donors (Lipinski definition) is 0. The number of aromatic nitrogens is 1. The molecule has 0 saturated heterocycles. The number of nitrogens with zero attached hydrogens (tertiary/aromatic N) is 2. The summed E-state index contributed by atoms with van der Waals surface area (Å²) in [5, 5.41) is 0.540. The maximum atomic E-state index is 13.1. The smallest absolute Gasteiger partial charge is 0.257 e. The van der Waals surface area contributed by atoms with Gasteiger partial charge in [0.25, 0.3) is 5.91 Å². The highest BCUT2D eigenvalue weighted by molar-refractivity contribution is 6.32. The van der Waals surface area contributed by atoms with E-state index in [1.165, 1.54) is 4.90 Å². The molecule has 1 aromatic heterocycles. The Kier molecular flexibility index (Phi) is 4.57. The van der Waals surface area contributed by atoms with E-state index in [2.05, 4.69) is 4.98 Å². The molecule has 2 rings (SSSR count). The molecule has 0 radical (unpaired) electrons. The molecule has 20 heavy (non-hydrogen) atoms. The molecule has 0 aliphatic rings. The molecule has 3 nitrogen and oxygen atoms in total. The fourth-order valence-corrected chi connectivity index (χ4v) is 2.11. The lowest BCUT2D eigenvalue weighted by molar-refractivity contribution is 0.0784. The molecule has 0 bridgehead atoms. The molecule has 0 aliphatic carbocycles. The molecule has 104 valence electrons. The monoisotopic (exact) mass is 312 g/mol. The van der Waals surface area contributed by atoms with E-state index in [1.807, 2.05) is 12.1 Å². The van der Waals surface area contributed by atoms with Crippen molar-refractivity contribution in [3.63, 3.8) is 0 Å². The number of rotatable bonds is 3. The van der Waals surface area contributed by atoms with E-state index in [1.54, 1.807) is 19.2 Å². The number of hydrogen-bond acceptors (Lipinski definition) is 2. The van der Waals surface area contributed by atoms with Gasteiger partial charge in [-0.3, -0.25) is 4.79 Å². The van der Waals surface area contributed by atoms with Crippen molar-refractivity contribution in [1.82, 2.24) is 9.88 Å². The Balaban J connectivity index is 2.21. The molecule has 6 heteroatoms. The van der Waals surface area contributed by atoms with Gasteiger partial charge in [0.1, 0.15) is 11.0 Å². The van der Waals surface area contributed by atoms with E-state index >= 15 is 0 Å². The second kappa shape index (κ2) is 6.20. The molecular formula is C14H11Cl2FN2O. The number of halogens is 3. The zero-order valence-corrected chi connectivity index (χ0v) is 12.1. The van der Waals surface area contributed by atoms with Gasteiger partial charge in [-0.25, -0.2) is 9.37 Å². The van der Waals surface area contributed by atoms with E-state index in [4.69, 9.17) is 23.2 Å². The van der Waals surface area contributed by atoms with Gasteiger partial charge in [-0.15, -0.1) is 0 Å². The van der Waals surface area contributed by atoms with E-state index in [0.29, 0.717) is 11.6 Å². The molecule has 0 atom stereocenters. The summed E-state index contributed by atoms with van der Waals surface area (Å²) in [7, 11) is 1.59. The van der Waals surface area contributed by atoms with Crippen LogP contribution in [0.5, 0.6) is 0 Å². The summed E-state index contributed by atoms with van der Waals surface area (Å²) < 4.78 is 13.1. The molecular weight excluding hydrogens is 302 g/mol. The Labute approximate surface area is 125 Å². The molecule has 0 spiro atoms. The van der Waals surface area contributed by atoms with E-state index in [0.717, 1.165) is 17.8 Å². The third kappa shape index (κ3) is 3.26. The van der Waals surface area contributed by atoms with Crippen LogP contribution in [0, 0.1) is 5.82 Å². The zero-order chi connectivity index (χ0) is 14.7. The van der Waals surface area contributed by atoms with E-state index in [9.17, 15) is 9.18 Å². The Morgan fingerprint density at radius 2 is 2.05 bits per heavy atom. The third-order valence-corrected chi connectivity index (χ3v) is 3.42. The van der Waals surface area contributed by atoms with Gasteiger partial charge in [-0.2, -0.15) is 0 Å². The molecule has 0 unspecified atom stereocenters. The summed E-state index contributed by atoms with van der Waals surface area (Å²) in [6, 6.07) is 8.27. The van der Waals surface area contributed by atoms with E-state index < -0.39 is 11.7 Å². The van der Waals surface area contributed by atoms with Crippen LogP contribution in [0.1, 0.15) is 15.9 Å². The first-order valence-corrected chi connectivity index (χ1v) is 6.54. The van der Waals surface area contributed by atoms with Gasteiger partial charge in [0, 0.05) is 18.6 Å². The molecule has 1 aromatic carbocycles. The quantitative estimate of drug-likeness (QED) is 0.808. The van der Waals surface area contributed by atoms with Gasteiger partial charge >= 0.3 is 0 Å². The number of pyridine rings is 1. The lowest BCUT2D eigenvalue weighted by atomic mass is 10.2. The number of benzene rings is 1. The molecule has 0 aliphatic heterocycles. The van der Waals surface area contributed by atoms with Crippen LogP contribution in [-0.4, -0.2) is 22.8 Å². The van der Waals surface area contributed by atoms with Gasteiger partial charge in [0.2, 0.25) is 0 Å². The first kappa shape index (κ1) is 14.8. The lowest BCUT2D eigenvalue weighted by Gasteiger charge is -2.18. The molecule has 0 N–H and O–H groups in total. The summed E-state index contributed by atoms with van der Waals surface area (Å²) in [5.74, 6) is -1.02.